The average Bonchev–Trinajstić information content (AvgIpc) is 2.87. The minimum Gasteiger partial charge on any atom is -0.493 e. The number of benzene rings is 2. The molecule has 4 rings (SSSR count). The van der Waals surface area contributed by atoms with Crippen LogP contribution in [0.1, 0.15) is 33.8 Å². The van der Waals surface area contributed by atoms with E-state index in [9.17, 15) is 4.79 Å². The minimum atomic E-state index is -0.385. The van der Waals surface area contributed by atoms with Crippen molar-refractivity contribution in [1.29, 1.82) is 0 Å². The molecule has 2 heterocycles. The molecule has 7 nitrogen and oxygen atoms in total. The second-order valence-electron chi connectivity index (χ2n) is 8.05. The predicted octanol–water partition coefficient (Wildman–Crippen LogP) is 4.15. The Bertz CT molecular complexity index is 1100. The Morgan fingerprint density at radius 2 is 2.00 bits per heavy atom. The molecule has 1 atom stereocenters. The molecular weight excluding hydrogens is 418 g/mol. The first-order chi connectivity index (χ1) is 16.1. The van der Waals surface area contributed by atoms with E-state index in [1.165, 1.54) is 7.11 Å². The van der Waals surface area contributed by atoms with Gasteiger partial charge in [-0.15, -0.1) is 0 Å². The highest BCUT2D eigenvalue weighted by Gasteiger charge is 2.23. The summed E-state index contributed by atoms with van der Waals surface area (Å²) in [7, 11) is 3.40. The molecule has 7 heteroatoms. The summed E-state index contributed by atoms with van der Waals surface area (Å²) in [6, 6.07) is 16.2. The van der Waals surface area contributed by atoms with Gasteiger partial charge < -0.3 is 24.8 Å². The second kappa shape index (κ2) is 10.4. The lowest BCUT2D eigenvalue weighted by Gasteiger charge is -2.28. The smallest absolute Gasteiger partial charge is 0.340 e. The Labute approximate surface area is 194 Å². The van der Waals surface area contributed by atoms with Gasteiger partial charge in [0.15, 0.2) is 0 Å². The lowest BCUT2D eigenvalue weighted by Crippen LogP contribution is -2.22. The minimum absolute atomic E-state index is 0.151. The van der Waals surface area contributed by atoms with Gasteiger partial charge in [-0.3, -0.25) is 4.98 Å². The number of carbonyl (C=O) groups excluding carboxylic acids is 1. The quantitative estimate of drug-likeness (QED) is 0.502. The zero-order chi connectivity index (χ0) is 23.2. The molecule has 0 unspecified atom stereocenters. The Balaban J connectivity index is 1.49. The summed E-state index contributed by atoms with van der Waals surface area (Å²) in [5, 5.41) is 12.5. The number of methoxy groups -OCH3 is 1. The Hall–Kier alpha value is -3.58. The van der Waals surface area contributed by atoms with Crippen LogP contribution in [0.4, 0.5) is 17.1 Å². The molecule has 0 radical (unpaired) electrons. The molecule has 2 N–H and O–H groups in total. The third kappa shape index (κ3) is 5.09. The van der Waals surface area contributed by atoms with Crippen LogP contribution in [0.5, 0.6) is 5.75 Å². The van der Waals surface area contributed by atoms with E-state index in [2.05, 4.69) is 45.5 Å². The van der Waals surface area contributed by atoms with Crippen LogP contribution >= 0.6 is 0 Å². The molecule has 0 bridgehead atoms. The predicted molar refractivity (Wildman–Crippen MR) is 129 cm³/mol. The summed E-state index contributed by atoms with van der Waals surface area (Å²) < 4.78 is 10.9. The van der Waals surface area contributed by atoms with Crippen molar-refractivity contribution in [2.75, 3.05) is 44.1 Å². The topological polar surface area (TPSA) is 83.9 Å². The number of fused-ring (bicyclic) bond motifs is 1. The van der Waals surface area contributed by atoms with Crippen LogP contribution in [0.2, 0.25) is 0 Å². The van der Waals surface area contributed by atoms with E-state index in [0.717, 1.165) is 34.7 Å². The van der Waals surface area contributed by atoms with Crippen LogP contribution < -0.4 is 15.0 Å². The summed E-state index contributed by atoms with van der Waals surface area (Å²) in [6.07, 6.45) is 4.78. The highest BCUT2D eigenvalue weighted by Crippen LogP contribution is 2.38. The lowest BCUT2D eigenvalue weighted by molar-refractivity contribution is 0.0601. The molecule has 172 valence electrons. The number of ether oxygens (including phenoxy) is 2. The number of rotatable bonds is 8. The third-order valence-electron chi connectivity index (χ3n) is 6.04. The molecule has 33 heavy (non-hydrogen) atoms. The van der Waals surface area contributed by atoms with Gasteiger partial charge in [-0.25, -0.2) is 4.79 Å². The number of aliphatic hydroxyl groups excluding tert-OH is 1. The fourth-order valence-electron chi connectivity index (χ4n) is 4.09. The Kier molecular flexibility index (Phi) is 7.10. The molecule has 0 fully saturated rings. The maximum absolute atomic E-state index is 12.0. The zero-order valence-electron chi connectivity index (χ0n) is 19.0. The van der Waals surface area contributed by atoms with E-state index in [4.69, 9.17) is 14.6 Å². The molecule has 0 aliphatic carbocycles. The number of hydrogen-bond acceptors (Lipinski definition) is 7. The number of carbonyl (C=O) groups is 1. The van der Waals surface area contributed by atoms with Crippen molar-refractivity contribution in [3.8, 4) is 5.75 Å². The van der Waals surface area contributed by atoms with E-state index in [1.54, 1.807) is 18.5 Å². The van der Waals surface area contributed by atoms with Gasteiger partial charge in [-0.05, 0) is 48.2 Å². The first-order valence-electron chi connectivity index (χ1n) is 11.1. The molecule has 1 aliphatic rings. The fourth-order valence-corrected chi connectivity index (χ4v) is 4.09. The van der Waals surface area contributed by atoms with Crippen LogP contribution in [0, 0.1) is 0 Å². The molecule has 0 amide bonds. The molecule has 2 aromatic carbocycles. The van der Waals surface area contributed by atoms with Crippen LogP contribution in [0.15, 0.2) is 60.9 Å². The van der Waals surface area contributed by atoms with E-state index < -0.39 is 0 Å². The van der Waals surface area contributed by atoms with Gasteiger partial charge in [-0.1, -0.05) is 18.2 Å². The van der Waals surface area contributed by atoms with Gasteiger partial charge in [0.1, 0.15) is 5.75 Å². The number of hydrogen-bond donors (Lipinski definition) is 2. The van der Waals surface area contributed by atoms with E-state index in [1.807, 2.05) is 19.2 Å². The largest absolute Gasteiger partial charge is 0.493 e. The van der Waals surface area contributed by atoms with Crippen LogP contribution in [0.3, 0.4) is 0 Å². The van der Waals surface area contributed by atoms with Gasteiger partial charge in [-0.2, -0.15) is 0 Å². The highest BCUT2D eigenvalue weighted by molar-refractivity contribution is 5.95. The number of aromatic nitrogens is 1. The van der Waals surface area contributed by atoms with Gasteiger partial charge in [0, 0.05) is 49.8 Å². The third-order valence-corrected chi connectivity index (χ3v) is 6.04. The van der Waals surface area contributed by atoms with Crippen molar-refractivity contribution >= 4 is 23.0 Å². The van der Waals surface area contributed by atoms with Crippen LogP contribution in [-0.4, -0.2) is 50.0 Å². The van der Waals surface area contributed by atoms with Gasteiger partial charge in [0.05, 0.1) is 31.2 Å². The molecular formula is C26H29N3O4. The van der Waals surface area contributed by atoms with E-state index in [-0.39, 0.29) is 18.5 Å². The van der Waals surface area contributed by atoms with Crippen molar-refractivity contribution in [1.82, 2.24) is 4.98 Å². The maximum Gasteiger partial charge on any atom is 0.340 e. The van der Waals surface area contributed by atoms with Gasteiger partial charge >= 0.3 is 5.97 Å². The van der Waals surface area contributed by atoms with Crippen molar-refractivity contribution < 1.29 is 19.4 Å². The summed E-state index contributed by atoms with van der Waals surface area (Å²) >= 11 is 0. The second-order valence-corrected chi connectivity index (χ2v) is 8.05. The van der Waals surface area contributed by atoms with Crippen molar-refractivity contribution in [3.63, 3.8) is 0 Å². The fraction of sp³-hybridized carbons (Fsp3) is 0.308. The monoisotopic (exact) mass is 447 g/mol. The van der Waals surface area contributed by atoms with Crippen LogP contribution in [0.25, 0.3) is 0 Å². The summed E-state index contributed by atoms with van der Waals surface area (Å²) in [6.45, 7) is 1.45. The number of nitrogens with zero attached hydrogens (tertiary/aromatic N) is 2. The normalized spacial score (nSPS) is 14.7. The zero-order valence-corrected chi connectivity index (χ0v) is 19.0. The first kappa shape index (κ1) is 22.6. The summed E-state index contributed by atoms with van der Waals surface area (Å²) in [5.74, 6) is 0.745. The molecule has 0 saturated heterocycles. The molecule has 1 aromatic heterocycles. The lowest BCUT2D eigenvalue weighted by atomic mass is 9.92. The molecule has 0 saturated carbocycles. The maximum atomic E-state index is 12.0. The SMILES string of the molecule is COC(=O)c1ccncc1NC[C@@H]1CCOc2cc(N(C)c3ccc(CCO)cc3)ccc21. The number of anilines is 3. The number of pyridine rings is 1. The van der Waals surface area contributed by atoms with E-state index in [0.29, 0.717) is 30.8 Å². The van der Waals surface area contributed by atoms with Crippen LogP contribution in [-0.2, 0) is 11.2 Å². The van der Waals surface area contributed by atoms with Gasteiger partial charge in [0.2, 0.25) is 0 Å². The summed E-state index contributed by atoms with van der Waals surface area (Å²) in [5.41, 5.74) is 5.51. The summed E-state index contributed by atoms with van der Waals surface area (Å²) in [4.78, 5) is 18.3. The molecule has 1 aliphatic heterocycles. The standard InChI is InChI=1S/C26H29N3O4/c1-29(20-5-3-18(4-6-20)10-13-30)21-7-8-22-19(11-14-33-25(22)15-21)16-28-24-17-27-12-9-23(24)26(31)32-2/h3-9,12,15,17,19,28,30H,10-11,13-14,16H2,1-2H3/t19-/m0/s1. The molecule has 3 aromatic rings. The first-order valence-corrected chi connectivity index (χ1v) is 11.1. The average molecular weight is 448 g/mol. The van der Waals surface area contributed by atoms with E-state index >= 15 is 0 Å². The number of esters is 1. The highest BCUT2D eigenvalue weighted by atomic mass is 16.5. The van der Waals surface area contributed by atoms with Crippen molar-refractivity contribution in [2.45, 2.75) is 18.8 Å². The number of nitrogens with one attached hydrogen (secondary N) is 1. The number of aliphatic hydroxyl groups is 1. The van der Waals surface area contributed by atoms with Crippen molar-refractivity contribution in [2.24, 2.45) is 0 Å². The van der Waals surface area contributed by atoms with Gasteiger partial charge in [0.25, 0.3) is 0 Å². The molecule has 0 spiro atoms. The Morgan fingerprint density at radius 3 is 2.76 bits per heavy atom. The van der Waals surface area contributed by atoms with Crippen molar-refractivity contribution in [3.05, 3.63) is 77.6 Å². The Morgan fingerprint density at radius 1 is 1.21 bits per heavy atom.